The molecule has 1 aromatic carbocycles. The van der Waals surface area contributed by atoms with Crippen molar-refractivity contribution in [3.05, 3.63) is 58.3 Å². The number of nitrogens with zero attached hydrogens (tertiary/aromatic N) is 1. The summed E-state index contributed by atoms with van der Waals surface area (Å²) in [6.45, 7) is 3.52. The largest absolute Gasteiger partial charge is 0.356 e. The lowest BCUT2D eigenvalue weighted by molar-refractivity contribution is 0.591. The molecule has 1 unspecified atom stereocenters. The number of halogens is 1. The molecule has 1 aromatic heterocycles. The average molecular weight is 521 g/mol. The van der Waals surface area contributed by atoms with E-state index >= 15 is 0 Å². The van der Waals surface area contributed by atoms with Gasteiger partial charge < -0.3 is 10.6 Å². The second-order valence-electron chi connectivity index (χ2n) is 6.23. The number of rotatable bonds is 9. The van der Waals surface area contributed by atoms with Crippen molar-refractivity contribution in [2.45, 2.75) is 25.0 Å². The van der Waals surface area contributed by atoms with Gasteiger partial charge in [0.1, 0.15) is 0 Å². The molecule has 0 aliphatic rings. The Morgan fingerprint density at radius 1 is 1.15 bits per heavy atom. The van der Waals surface area contributed by atoms with E-state index in [1.807, 2.05) is 30.3 Å². The van der Waals surface area contributed by atoms with Crippen LogP contribution in [-0.4, -0.2) is 40.3 Å². The SMILES string of the molecule is CN=C(NCCCS(=O)(=O)Cc1ccccc1)NCC(C)c1cccs1.I. The normalized spacial score (nSPS) is 12.9. The molecule has 0 fully saturated rings. The zero-order valence-electron chi connectivity index (χ0n) is 15.7. The summed E-state index contributed by atoms with van der Waals surface area (Å²) in [7, 11) is -1.37. The summed E-state index contributed by atoms with van der Waals surface area (Å²) in [5.74, 6) is 1.37. The van der Waals surface area contributed by atoms with Crippen LogP contribution in [0.15, 0.2) is 52.8 Å². The second-order valence-corrected chi connectivity index (χ2v) is 9.39. The van der Waals surface area contributed by atoms with Crippen molar-refractivity contribution in [1.29, 1.82) is 0 Å². The first-order chi connectivity index (χ1) is 12.5. The van der Waals surface area contributed by atoms with Crippen LogP contribution in [0.2, 0.25) is 0 Å². The van der Waals surface area contributed by atoms with E-state index in [0.717, 1.165) is 12.1 Å². The Labute approximate surface area is 183 Å². The molecule has 1 heterocycles. The van der Waals surface area contributed by atoms with Gasteiger partial charge >= 0.3 is 0 Å². The van der Waals surface area contributed by atoms with E-state index in [0.29, 0.717) is 24.8 Å². The third-order valence-electron chi connectivity index (χ3n) is 3.98. The lowest BCUT2D eigenvalue weighted by atomic mass is 10.1. The molecule has 0 aliphatic heterocycles. The van der Waals surface area contributed by atoms with Crippen molar-refractivity contribution in [2.75, 3.05) is 25.9 Å². The van der Waals surface area contributed by atoms with E-state index < -0.39 is 9.84 Å². The molecule has 2 aromatic rings. The van der Waals surface area contributed by atoms with Crippen molar-refractivity contribution < 1.29 is 8.42 Å². The molecule has 0 saturated heterocycles. The van der Waals surface area contributed by atoms with Gasteiger partial charge in [0.2, 0.25) is 0 Å². The van der Waals surface area contributed by atoms with Crippen molar-refractivity contribution in [1.82, 2.24) is 10.6 Å². The standard InChI is InChI=1S/C19H27N3O2S2.HI/c1-16(18-10-6-12-25-18)14-22-19(20-2)21-11-7-13-26(23,24)15-17-8-4-3-5-9-17;/h3-6,8-10,12,16H,7,11,13-15H2,1-2H3,(H2,20,21,22);1H. The number of guanidine groups is 1. The quantitative estimate of drug-likeness (QED) is 0.229. The molecular formula is C19H28IN3O2S2. The first-order valence-corrected chi connectivity index (χ1v) is 11.4. The Balaban J connectivity index is 0.00000364. The molecule has 0 bridgehead atoms. The van der Waals surface area contributed by atoms with E-state index in [2.05, 4.69) is 40.1 Å². The minimum atomic E-state index is -3.09. The fraction of sp³-hybridized carbons (Fsp3) is 0.421. The fourth-order valence-electron chi connectivity index (χ4n) is 2.54. The summed E-state index contributed by atoms with van der Waals surface area (Å²) < 4.78 is 24.4. The van der Waals surface area contributed by atoms with Gasteiger partial charge in [-0.3, -0.25) is 4.99 Å². The number of nitrogens with one attached hydrogen (secondary N) is 2. The fourth-order valence-corrected chi connectivity index (χ4v) is 4.76. The summed E-state index contributed by atoms with van der Waals surface area (Å²) in [6.07, 6.45) is 0.552. The highest BCUT2D eigenvalue weighted by Gasteiger charge is 2.12. The molecular weight excluding hydrogens is 493 g/mol. The van der Waals surface area contributed by atoms with Gasteiger partial charge in [-0.15, -0.1) is 35.3 Å². The molecule has 150 valence electrons. The minimum Gasteiger partial charge on any atom is -0.356 e. The molecule has 8 heteroatoms. The number of benzene rings is 1. The zero-order valence-corrected chi connectivity index (χ0v) is 19.7. The minimum absolute atomic E-state index is 0. The topological polar surface area (TPSA) is 70.6 Å². The van der Waals surface area contributed by atoms with Crippen LogP contribution in [0.25, 0.3) is 0 Å². The monoisotopic (exact) mass is 521 g/mol. The number of hydrogen-bond donors (Lipinski definition) is 2. The van der Waals surface area contributed by atoms with Gasteiger partial charge in [-0.05, 0) is 23.4 Å². The molecule has 0 spiro atoms. The molecule has 0 aliphatic carbocycles. The first-order valence-electron chi connectivity index (χ1n) is 8.72. The van der Waals surface area contributed by atoms with E-state index in [9.17, 15) is 8.42 Å². The van der Waals surface area contributed by atoms with Crippen LogP contribution in [0.5, 0.6) is 0 Å². The van der Waals surface area contributed by atoms with Crippen molar-refractivity contribution in [2.24, 2.45) is 4.99 Å². The van der Waals surface area contributed by atoms with Crippen molar-refractivity contribution >= 4 is 51.1 Å². The summed E-state index contributed by atoms with van der Waals surface area (Å²) in [5.41, 5.74) is 0.834. The maximum Gasteiger partial charge on any atom is 0.190 e. The lowest BCUT2D eigenvalue weighted by Gasteiger charge is -2.15. The molecule has 27 heavy (non-hydrogen) atoms. The van der Waals surface area contributed by atoms with Gasteiger partial charge in [0, 0.05) is 30.9 Å². The number of sulfone groups is 1. The highest BCUT2D eigenvalue weighted by Crippen LogP contribution is 2.19. The lowest BCUT2D eigenvalue weighted by Crippen LogP contribution is -2.39. The van der Waals surface area contributed by atoms with Gasteiger partial charge in [-0.2, -0.15) is 0 Å². The molecule has 5 nitrogen and oxygen atoms in total. The molecule has 0 radical (unpaired) electrons. The van der Waals surface area contributed by atoms with E-state index in [1.54, 1.807) is 18.4 Å². The van der Waals surface area contributed by atoms with E-state index in [4.69, 9.17) is 0 Å². The van der Waals surface area contributed by atoms with Crippen LogP contribution in [-0.2, 0) is 15.6 Å². The van der Waals surface area contributed by atoms with Crippen LogP contribution in [0.4, 0.5) is 0 Å². The van der Waals surface area contributed by atoms with Crippen LogP contribution >= 0.6 is 35.3 Å². The number of aliphatic imine (C=N–C) groups is 1. The van der Waals surface area contributed by atoms with Crippen molar-refractivity contribution in [3.63, 3.8) is 0 Å². The summed E-state index contributed by atoms with van der Waals surface area (Å²) in [6, 6.07) is 13.5. The Bertz CT molecular complexity index is 779. The third kappa shape index (κ3) is 9.07. The Hall–Kier alpha value is -1.13. The maximum absolute atomic E-state index is 12.2. The number of hydrogen-bond acceptors (Lipinski definition) is 4. The first kappa shape index (κ1) is 23.9. The van der Waals surface area contributed by atoms with Crippen LogP contribution in [0, 0.1) is 0 Å². The molecule has 2 N–H and O–H groups in total. The predicted octanol–water partition coefficient (Wildman–Crippen LogP) is 3.64. The van der Waals surface area contributed by atoms with Crippen LogP contribution in [0.1, 0.15) is 29.7 Å². The molecule has 2 rings (SSSR count). The zero-order chi connectivity index (χ0) is 18.8. The Morgan fingerprint density at radius 2 is 1.89 bits per heavy atom. The predicted molar refractivity (Wildman–Crippen MR) is 126 cm³/mol. The van der Waals surface area contributed by atoms with Gasteiger partial charge in [0.25, 0.3) is 0 Å². The van der Waals surface area contributed by atoms with E-state index in [-0.39, 0.29) is 35.5 Å². The van der Waals surface area contributed by atoms with Gasteiger partial charge in [0.15, 0.2) is 15.8 Å². The molecule has 0 amide bonds. The smallest absolute Gasteiger partial charge is 0.190 e. The van der Waals surface area contributed by atoms with Gasteiger partial charge in [0.05, 0.1) is 11.5 Å². The second kappa shape index (κ2) is 12.4. The molecule has 1 atom stereocenters. The average Bonchev–Trinajstić information content (AvgIpc) is 3.16. The van der Waals surface area contributed by atoms with E-state index in [1.165, 1.54) is 4.88 Å². The van der Waals surface area contributed by atoms with Gasteiger partial charge in [-0.1, -0.05) is 43.3 Å². The summed E-state index contributed by atoms with van der Waals surface area (Å²) in [4.78, 5) is 5.52. The van der Waals surface area contributed by atoms with Crippen LogP contribution < -0.4 is 10.6 Å². The highest BCUT2D eigenvalue weighted by molar-refractivity contribution is 14.0. The number of thiophene rings is 1. The summed E-state index contributed by atoms with van der Waals surface area (Å²) >= 11 is 1.75. The Morgan fingerprint density at radius 3 is 2.52 bits per heavy atom. The van der Waals surface area contributed by atoms with Crippen LogP contribution in [0.3, 0.4) is 0 Å². The third-order valence-corrected chi connectivity index (χ3v) is 6.77. The summed E-state index contributed by atoms with van der Waals surface area (Å²) in [5, 5.41) is 8.55. The maximum atomic E-state index is 12.2. The van der Waals surface area contributed by atoms with Gasteiger partial charge in [-0.25, -0.2) is 8.42 Å². The highest BCUT2D eigenvalue weighted by atomic mass is 127. The van der Waals surface area contributed by atoms with Crippen molar-refractivity contribution in [3.8, 4) is 0 Å². The molecule has 0 saturated carbocycles. The Kier molecular flexibility index (Phi) is 10.9.